The number of benzene rings is 3. The number of nitrogens with zero attached hydrogens (tertiary/aromatic N) is 1. The molecular formula is C29H31NO6S. The van der Waals surface area contributed by atoms with Gasteiger partial charge < -0.3 is 23.8 Å². The van der Waals surface area contributed by atoms with E-state index in [2.05, 4.69) is 12.1 Å². The highest BCUT2D eigenvalue weighted by Gasteiger charge is 2.32. The van der Waals surface area contributed by atoms with E-state index in [4.69, 9.17) is 18.9 Å². The number of hydrogen-bond acceptors (Lipinski definition) is 7. The van der Waals surface area contributed by atoms with Crippen LogP contribution in [0.25, 0.3) is 0 Å². The fourth-order valence-corrected chi connectivity index (χ4v) is 5.27. The third-order valence-corrected chi connectivity index (χ3v) is 7.33. The van der Waals surface area contributed by atoms with Gasteiger partial charge >= 0.3 is 5.97 Å². The molecule has 8 heteroatoms. The molecule has 0 spiro atoms. The van der Waals surface area contributed by atoms with Gasteiger partial charge in [0, 0.05) is 12.3 Å². The Morgan fingerprint density at radius 1 is 0.946 bits per heavy atom. The zero-order valence-corrected chi connectivity index (χ0v) is 22.1. The van der Waals surface area contributed by atoms with Crippen LogP contribution in [-0.4, -0.2) is 57.0 Å². The molecule has 37 heavy (non-hydrogen) atoms. The van der Waals surface area contributed by atoms with Crippen molar-refractivity contribution in [3.63, 3.8) is 0 Å². The van der Waals surface area contributed by atoms with E-state index in [1.165, 1.54) is 12.7 Å². The zero-order valence-electron chi connectivity index (χ0n) is 21.3. The topological polar surface area (TPSA) is 74.3 Å². The lowest BCUT2D eigenvalue weighted by molar-refractivity contribution is -0.132. The third-order valence-electron chi connectivity index (χ3n) is 6.34. The maximum Gasteiger partial charge on any atom is 0.337 e. The van der Waals surface area contributed by atoms with E-state index < -0.39 is 5.97 Å². The van der Waals surface area contributed by atoms with Crippen molar-refractivity contribution < 1.29 is 28.5 Å². The van der Waals surface area contributed by atoms with Gasteiger partial charge in [-0.1, -0.05) is 30.3 Å². The van der Waals surface area contributed by atoms with Gasteiger partial charge in [-0.2, -0.15) is 0 Å². The highest BCUT2D eigenvalue weighted by Crippen LogP contribution is 2.38. The smallest absolute Gasteiger partial charge is 0.337 e. The molecule has 7 nitrogen and oxygen atoms in total. The van der Waals surface area contributed by atoms with Crippen molar-refractivity contribution in [1.82, 2.24) is 4.90 Å². The summed E-state index contributed by atoms with van der Waals surface area (Å²) in [6.45, 7) is 0.845. The number of hydrogen-bond donors (Lipinski definition) is 0. The van der Waals surface area contributed by atoms with Crippen molar-refractivity contribution >= 4 is 23.6 Å². The van der Waals surface area contributed by atoms with E-state index in [9.17, 15) is 9.59 Å². The average Bonchev–Trinajstić information content (AvgIpc) is 2.95. The minimum absolute atomic E-state index is 0.0657. The van der Waals surface area contributed by atoms with Crippen LogP contribution >= 0.6 is 11.8 Å². The molecule has 0 aliphatic carbocycles. The van der Waals surface area contributed by atoms with E-state index >= 15 is 0 Å². The molecule has 1 unspecified atom stereocenters. The van der Waals surface area contributed by atoms with Crippen molar-refractivity contribution in [3.05, 3.63) is 89.0 Å². The predicted molar refractivity (Wildman–Crippen MR) is 144 cm³/mol. The first-order chi connectivity index (χ1) is 18.0. The van der Waals surface area contributed by atoms with Crippen LogP contribution in [0.3, 0.4) is 0 Å². The van der Waals surface area contributed by atoms with Gasteiger partial charge in [0.15, 0.2) is 11.5 Å². The SMILES string of the molecule is COC(=O)c1ccc(OCC2c3cc(OC)c(OC)cc3CCN2C(=O)CSCc2ccccc2)cc1. The molecule has 1 aliphatic heterocycles. The largest absolute Gasteiger partial charge is 0.493 e. The highest BCUT2D eigenvalue weighted by atomic mass is 32.2. The first-order valence-corrected chi connectivity index (χ1v) is 13.2. The van der Waals surface area contributed by atoms with Crippen molar-refractivity contribution in [1.29, 1.82) is 0 Å². The standard InChI is InChI=1S/C29H31NO6S/c1-33-26-15-22-13-14-30(28(31)19-37-18-20-7-5-4-6-8-20)25(24(22)16-27(26)34-2)17-36-23-11-9-21(10-12-23)29(32)35-3/h4-12,15-16,25H,13-14,17-19H2,1-3H3. The van der Waals surface area contributed by atoms with E-state index in [1.54, 1.807) is 50.2 Å². The lowest BCUT2D eigenvalue weighted by Crippen LogP contribution is -2.43. The summed E-state index contributed by atoms with van der Waals surface area (Å²) in [6.07, 6.45) is 0.717. The molecule has 1 aliphatic rings. The number of thioether (sulfide) groups is 1. The Hall–Kier alpha value is -3.65. The molecular weight excluding hydrogens is 490 g/mol. The lowest BCUT2D eigenvalue weighted by Gasteiger charge is -2.37. The number of rotatable bonds is 10. The fraction of sp³-hybridized carbons (Fsp3) is 0.310. The van der Waals surface area contributed by atoms with Crippen LogP contribution in [0.5, 0.6) is 17.2 Å². The van der Waals surface area contributed by atoms with Gasteiger partial charge in [-0.05, 0) is 59.5 Å². The molecule has 3 aromatic carbocycles. The van der Waals surface area contributed by atoms with Crippen molar-refractivity contribution in [2.24, 2.45) is 0 Å². The van der Waals surface area contributed by atoms with Crippen LogP contribution in [0.1, 0.15) is 33.1 Å². The first-order valence-electron chi connectivity index (χ1n) is 12.0. The van der Waals surface area contributed by atoms with Gasteiger partial charge in [0.1, 0.15) is 12.4 Å². The number of carbonyl (C=O) groups excluding carboxylic acids is 2. The molecule has 1 heterocycles. The minimum Gasteiger partial charge on any atom is -0.493 e. The molecule has 0 fully saturated rings. The van der Waals surface area contributed by atoms with Crippen LogP contribution in [0.2, 0.25) is 0 Å². The molecule has 194 valence electrons. The molecule has 0 bridgehead atoms. The Morgan fingerprint density at radius 2 is 1.65 bits per heavy atom. The molecule has 0 saturated heterocycles. The molecule has 4 rings (SSSR count). The second-order valence-corrected chi connectivity index (χ2v) is 9.55. The van der Waals surface area contributed by atoms with Crippen LogP contribution in [0.15, 0.2) is 66.7 Å². The summed E-state index contributed by atoms with van der Waals surface area (Å²) in [6, 6.07) is 20.5. The number of carbonyl (C=O) groups is 2. The molecule has 3 aromatic rings. The van der Waals surface area contributed by atoms with E-state index in [0.717, 1.165) is 23.3 Å². The summed E-state index contributed by atoms with van der Waals surface area (Å²) in [5.41, 5.74) is 3.73. The van der Waals surface area contributed by atoms with Crippen LogP contribution < -0.4 is 14.2 Å². The molecule has 1 atom stereocenters. The zero-order chi connectivity index (χ0) is 26.2. The van der Waals surface area contributed by atoms with Crippen molar-refractivity contribution in [2.45, 2.75) is 18.2 Å². The molecule has 0 saturated carbocycles. The predicted octanol–water partition coefficient (Wildman–Crippen LogP) is 4.93. The maximum atomic E-state index is 13.4. The summed E-state index contributed by atoms with van der Waals surface area (Å²) in [4.78, 5) is 27.0. The van der Waals surface area contributed by atoms with Gasteiger partial charge in [-0.3, -0.25) is 4.79 Å². The Morgan fingerprint density at radius 3 is 2.32 bits per heavy atom. The van der Waals surface area contributed by atoms with E-state index in [1.807, 2.05) is 35.2 Å². The van der Waals surface area contributed by atoms with Gasteiger partial charge in [0.25, 0.3) is 0 Å². The molecule has 0 N–H and O–H groups in total. The Balaban J connectivity index is 1.53. The Kier molecular flexibility index (Phi) is 8.95. The van der Waals surface area contributed by atoms with E-state index in [-0.39, 0.29) is 18.6 Å². The van der Waals surface area contributed by atoms with Crippen LogP contribution in [-0.2, 0) is 21.7 Å². The Bertz CT molecular complexity index is 1220. The van der Waals surface area contributed by atoms with Crippen molar-refractivity contribution in [3.8, 4) is 17.2 Å². The number of esters is 1. The van der Waals surface area contributed by atoms with Crippen molar-refractivity contribution in [2.75, 3.05) is 40.2 Å². The minimum atomic E-state index is -0.404. The number of methoxy groups -OCH3 is 3. The summed E-state index contributed by atoms with van der Waals surface area (Å²) < 4.78 is 21.9. The first kappa shape index (κ1) is 26.4. The van der Waals surface area contributed by atoms with Crippen LogP contribution in [0.4, 0.5) is 0 Å². The normalized spacial score (nSPS) is 14.5. The summed E-state index contributed by atoms with van der Waals surface area (Å²) in [5, 5.41) is 0. The second-order valence-electron chi connectivity index (χ2n) is 8.56. The van der Waals surface area contributed by atoms with Gasteiger partial charge in [-0.15, -0.1) is 11.8 Å². The molecule has 0 radical (unpaired) electrons. The monoisotopic (exact) mass is 521 g/mol. The second kappa shape index (κ2) is 12.5. The van der Waals surface area contributed by atoms with Crippen LogP contribution in [0, 0.1) is 0 Å². The molecule has 0 aromatic heterocycles. The quantitative estimate of drug-likeness (QED) is 0.350. The molecule has 1 amide bonds. The van der Waals surface area contributed by atoms with E-state index in [0.29, 0.717) is 35.1 Å². The highest BCUT2D eigenvalue weighted by molar-refractivity contribution is 7.99. The fourth-order valence-electron chi connectivity index (χ4n) is 4.40. The maximum absolute atomic E-state index is 13.4. The number of ether oxygens (including phenoxy) is 4. The average molecular weight is 522 g/mol. The number of amides is 1. The lowest BCUT2D eigenvalue weighted by atomic mass is 9.92. The summed E-state index contributed by atoms with van der Waals surface area (Å²) in [5.74, 6) is 2.69. The Labute approximate surface area is 221 Å². The third kappa shape index (κ3) is 6.38. The number of fused-ring (bicyclic) bond motifs is 1. The van der Waals surface area contributed by atoms with Gasteiger partial charge in [0.05, 0.1) is 38.7 Å². The van der Waals surface area contributed by atoms with Gasteiger partial charge in [-0.25, -0.2) is 4.79 Å². The van der Waals surface area contributed by atoms with Gasteiger partial charge in [0.2, 0.25) is 5.91 Å². The summed E-state index contributed by atoms with van der Waals surface area (Å²) >= 11 is 1.61. The summed E-state index contributed by atoms with van der Waals surface area (Å²) in [7, 11) is 4.57.